The van der Waals surface area contributed by atoms with E-state index < -0.39 is 24.3 Å². The van der Waals surface area contributed by atoms with Gasteiger partial charge in [0.15, 0.2) is 6.61 Å². The number of anilines is 1. The van der Waals surface area contributed by atoms with E-state index in [2.05, 4.69) is 24.1 Å². The van der Waals surface area contributed by atoms with Crippen LogP contribution in [0.4, 0.5) is 10.1 Å². The van der Waals surface area contributed by atoms with Crippen LogP contribution in [0.1, 0.15) is 29.8 Å². The lowest BCUT2D eigenvalue weighted by Crippen LogP contribution is -2.44. The number of carbonyl (C=O) groups is 2. The Morgan fingerprint density at radius 3 is 2.47 bits per heavy atom. The Bertz CT molecular complexity index is 897. The first kappa shape index (κ1) is 22.2. The smallest absolute Gasteiger partial charge is 0.338 e. The zero-order valence-electron chi connectivity index (χ0n) is 16.9. The maximum atomic E-state index is 13.1. The van der Waals surface area contributed by atoms with Crippen molar-refractivity contribution in [3.8, 4) is 0 Å². The molecule has 30 heavy (non-hydrogen) atoms. The molecule has 2 unspecified atom stereocenters. The summed E-state index contributed by atoms with van der Waals surface area (Å²) in [6.07, 6.45) is 0.389. The van der Waals surface area contributed by atoms with Crippen molar-refractivity contribution < 1.29 is 23.5 Å². The van der Waals surface area contributed by atoms with Gasteiger partial charge in [0, 0.05) is 25.3 Å². The van der Waals surface area contributed by atoms with E-state index >= 15 is 0 Å². The number of carbonyl (C=O) groups excluding carboxylic acids is 2. The largest absolute Gasteiger partial charge is 0.452 e. The van der Waals surface area contributed by atoms with Gasteiger partial charge in [-0.1, -0.05) is 23.7 Å². The molecule has 0 saturated carbocycles. The summed E-state index contributed by atoms with van der Waals surface area (Å²) in [5.74, 6) is -1.72. The maximum Gasteiger partial charge on any atom is 0.338 e. The van der Waals surface area contributed by atoms with Crippen LogP contribution in [0, 0.1) is 5.82 Å². The van der Waals surface area contributed by atoms with Gasteiger partial charge in [-0.05, 0) is 49.7 Å². The van der Waals surface area contributed by atoms with Crippen LogP contribution in [0.3, 0.4) is 0 Å². The number of nitrogens with zero attached hydrogens (tertiary/aromatic N) is 1. The standard InChI is InChI=1S/C22H24ClFN2O4/c1-14-10-26(11-15(2)30-14)12-16-3-5-17(6-4-16)22(28)29-13-21(27)25-18-7-8-20(24)19(23)9-18/h3-9,14-15H,10-13H2,1-2H3,(H,25,27). The number of benzene rings is 2. The van der Waals surface area contributed by atoms with Crippen molar-refractivity contribution in [1.29, 1.82) is 0 Å². The molecule has 1 fully saturated rings. The van der Waals surface area contributed by atoms with E-state index in [-0.39, 0.29) is 17.2 Å². The van der Waals surface area contributed by atoms with E-state index in [9.17, 15) is 14.0 Å². The third-order valence-electron chi connectivity index (χ3n) is 4.63. The highest BCUT2D eigenvalue weighted by Crippen LogP contribution is 2.19. The fraction of sp³-hybridized carbons (Fsp3) is 0.364. The lowest BCUT2D eigenvalue weighted by atomic mass is 10.1. The minimum Gasteiger partial charge on any atom is -0.452 e. The van der Waals surface area contributed by atoms with E-state index in [0.29, 0.717) is 11.3 Å². The minimum absolute atomic E-state index is 0.106. The number of halogens is 2. The Hall–Kier alpha value is -2.48. The van der Waals surface area contributed by atoms with Gasteiger partial charge in [-0.2, -0.15) is 0 Å². The molecule has 1 aliphatic heterocycles. The average Bonchev–Trinajstić information content (AvgIpc) is 2.69. The molecule has 2 atom stereocenters. The Morgan fingerprint density at radius 2 is 1.83 bits per heavy atom. The predicted octanol–water partition coefficient (Wildman–Crippen LogP) is 3.88. The van der Waals surface area contributed by atoms with E-state index in [4.69, 9.17) is 21.1 Å². The second kappa shape index (κ2) is 10.0. The first-order valence-electron chi connectivity index (χ1n) is 9.69. The average molecular weight is 435 g/mol. The molecule has 0 spiro atoms. The molecule has 6 nitrogen and oxygen atoms in total. The quantitative estimate of drug-likeness (QED) is 0.699. The summed E-state index contributed by atoms with van der Waals surface area (Å²) in [6, 6.07) is 10.9. The van der Waals surface area contributed by atoms with Crippen molar-refractivity contribution in [3.05, 3.63) is 64.4 Å². The van der Waals surface area contributed by atoms with E-state index in [0.717, 1.165) is 31.3 Å². The topological polar surface area (TPSA) is 67.9 Å². The molecule has 2 aromatic carbocycles. The molecule has 3 rings (SSSR count). The van der Waals surface area contributed by atoms with Gasteiger partial charge in [0.25, 0.3) is 5.91 Å². The number of amides is 1. The molecule has 0 aromatic heterocycles. The molecule has 1 aliphatic rings. The summed E-state index contributed by atoms with van der Waals surface area (Å²) in [5, 5.41) is 2.39. The van der Waals surface area contributed by atoms with E-state index in [1.807, 2.05) is 12.1 Å². The molecule has 0 radical (unpaired) electrons. The number of rotatable bonds is 6. The SMILES string of the molecule is CC1CN(Cc2ccc(C(=O)OCC(=O)Nc3ccc(F)c(Cl)c3)cc2)CC(C)O1. The zero-order valence-corrected chi connectivity index (χ0v) is 17.6. The number of nitrogens with one attached hydrogen (secondary N) is 1. The minimum atomic E-state index is -0.595. The van der Waals surface area contributed by atoms with Gasteiger partial charge in [-0.15, -0.1) is 0 Å². The summed E-state index contributed by atoms with van der Waals surface area (Å²) in [5.41, 5.74) is 1.76. The van der Waals surface area contributed by atoms with E-state index in [1.165, 1.54) is 12.1 Å². The van der Waals surface area contributed by atoms with Crippen molar-refractivity contribution in [2.24, 2.45) is 0 Å². The lowest BCUT2D eigenvalue weighted by molar-refractivity contribution is -0.119. The molecule has 1 heterocycles. The van der Waals surface area contributed by atoms with Gasteiger partial charge in [0.05, 0.1) is 22.8 Å². The summed E-state index contributed by atoms with van der Waals surface area (Å²) < 4.78 is 23.9. The number of morpholine rings is 1. The van der Waals surface area contributed by atoms with Crippen LogP contribution in [-0.4, -0.2) is 48.7 Å². The monoisotopic (exact) mass is 434 g/mol. The molecule has 160 valence electrons. The van der Waals surface area contributed by atoms with Gasteiger partial charge < -0.3 is 14.8 Å². The Labute approximate surface area is 179 Å². The first-order valence-corrected chi connectivity index (χ1v) is 10.1. The van der Waals surface area contributed by atoms with Gasteiger partial charge in [-0.3, -0.25) is 9.69 Å². The molecule has 1 amide bonds. The van der Waals surface area contributed by atoms with Crippen LogP contribution in [0.2, 0.25) is 5.02 Å². The molecule has 1 N–H and O–H groups in total. The number of ether oxygens (including phenoxy) is 2. The summed E-state index contributed by atoms with van der Waals surface area (Å²) >= 11 is 5.67. The molecule has 0 aliphatic carbocycles. The van der Waals surface area contributed by atoms with Crippen LogP contribution in [0.25, 0.3) is 0 Å². The van der Waals surface area contributed by atoms with Crippen molar-refractivity contribution in [3.63, 3.8) is 0 Å². The van der Waals surface area contributed by atoms with Crippen molar-refractivity contribution in [2.75, 3.05) is 25.0 Å². The second-order valence-corrected chi connectivity index (χ2v) is 7.81. The normalized spacial score (nSPS) is 19.3. The number of hydrogen-bond donors (Lipinski definition) is 1. The second-order valence-electron chi connectivity index (χ2n) is 7.40. The van der Waals surface area contributed by atoms with Gasteiger partial charge in [0.2, 0.25) is 0 Å². The molecular weight excluding hydrogens is 411 g/mol. The molecule has 0 bridgehead atoms. The Kier molecular flexibility index (Phi) is 7.42. The molecule has 2 aromatic rings. The third kappa shape index (κ3) is 6.26. The van der Waals surface area contributed by atoms with Crippen LogP contribution in [0.15, 0.2) is 42.5 Å². The van der Waals surface area contributed by atoms with Crippen molar-refractivity contribution in [2.45, 2.75) is 32.6 Å². The molecular formula is C22H24ClFN2O4. The Morgan fingerprint density at radius 1 is 1.17 bits per heavy atom. The van der Waals surface area contributed by atoms with Gasteiger partial charge >= 0.3 is 5.97 Å². The zero-order chi connectivity index (χ0) is 21.7. The highest BCUT2D eigenvalue weighted by molar-refractivity contribution is 6.31. The molecule has 8 heteroatoms. The maximum absolute atomic E-state index is 13.1. The fourth-order valence-corrected chi connectivity index (χ4v) is 3.58. The van der Waals surface area contributed by atoms with Crippen LogP contribution in [0.5, 0.6) is 0 Å². The van der Waals surface area contributed by atoms with Crippen LogP contribution >= 0.6 is 11.6 Å². The van der Waals surface area contributed by atoms with Gasteiger partial charge in [-0.25, -0.2) is 9.18 Å². The number of hydrogen-bond acceptors (Lipinski definition) is 5. The first-order chi connectivity index (χ1) is 14.3. The highest BCUT2D eigenvalue weighted by atomic mass is 35.5. The summed E-state index contributed by atoms with van der Waals surface area (Å²) in [4.78, 5) is 26.4. The fourth-order valence-electron chi connectivity index (χ4n) is 3.40. The van der Waals surface area contributed by atoms with Crippen molar-refractivity contribution >= 4 is 29.2 Å². The third-order valence-corrected chi connectivity index (χ3v) is 4.92. The highest BCUT2D eigenvalue weighted by Gasteiger charge is 2.22. The summed E-state index contributed by atoms with van der Waals surface area (Å²) in [6.45, 7) is 6.16. The predicted molar refractivity (Wildman–Crippen MR) is 112 cm³/mol. The number of esters is 1. The Balaban J connectivity index is 1.48. The summed E-state index contributed by atoms with van der Waals surface area (Å²) in [7, 11) is 0. The lowest BCUT2D eigenvalue weighted by Gasteiger charge is -2.35. The van der Waals surface area contributed by atoms with Crippen LogP contribution in [-0.2, 0) is 20.8 Å². The van der Waals surface area contributed by atoms with Crippen molar-refractivity contribution in [1.82, 2.24) is 4.90 Å². The van der Waals surface area contributed by atoms with Crippen LogP contribution < -0.4 is 5.32 Å². The molecule has 1 saturated heterocycles. The van der Waals surface area contributed by atoms with Gasteiger partial charge in [0.1, 0.15) is 5.82 Å². The van der Waals surface area contributed by atoms with E-state index in [1.54, 1.807) is 12.1 Å².